The first-order valence-corrected chi connectivity index (χ1v) is 10.1. The molecular formula is C20H19ClN2O3S. The molecule has 0 atom stereocenters. The molecule has 3 aromatic rings. The van der Waals surface area contributed by atoms with Crippen LogP contribution in [0.1, 0.15) is 5.56 Å². The molecule has 3 rings (SSSR count). The van der Waals surface area contributed by atoms with Crippen molar-refractivity contribution < 1.29 is 13.2 Å². The fourth-order valence-electron chi connectivity index (χ4n) is 2.70. The third-order valence-corrected chi connectivity index (χ3v) is 6.21. The lowest BCUT2D eigenvalue weighted by Gasteiger charge is -2.17. The number of nitrogens with one attached hydrogen (secondary N) is 1. The standard InChI is InChI=1S/C20H19ClN2O3S/c1-23(14-20(24)22-13-15-5-4-8-18(21)11-15)27(25,26)19-10-9-16-6-2-3-7-17(16)12-19/h2-12H,13-14H2,1H3,(H,22,24). The van der Waals surface area contributed by atoms with Gasteiger partial charge >= 0.3 is 0 Å². The smallest absolute Gasteiger partial charge is 0.243 e. The van der Waals surface area contributed by atoms with Crippen molar-refractivity contribution in [3.63, 3.8) is 0 Å². The lowest BCUT2D eigenvalue weighted by atomic mass is 10.1. The lowest BCUT2D eigenvalue weighted by molar-refractivity contribution is -0.121. The summed E-state index contributed by atoms with van der Waals surface area (Å²) in [6, 6.07) is 19.6. The van der Waals surface area contributed by atoms with Crippen LogP contribution < -0.4 is 5.32 Å². The van der Waals surface area contributed by atoms with Gasteiger partial charge < -0.3 is 5.32 Å². The Morgan fingerprint density at radius 2 is 1.74 bits per heavy atom. The zero-order valence-corrected chi connectivity index (χ0v) is 16.3. The summed E-state index contributed by atoms with van der Waals surface area (Å²) in [4.78, 5) is 12.3. The lowest BCUT2D eigenvalue weighted by Crippen LogP contribution is -2.38. The Morgan fingerprint density at radius 1 is 1.00 bits per heavy atom. The Bertz CT molecular complexity index is 1080. The highest BCUT2D eigenvalue weighted by molar-refractivity contribution is 7.89. The van der Waals surface area contributed by atoms with Gasteiger partial charge in [0.05, 0.1) is 11.4 Å². The molecule has 0 fully saturated rings. The molecule has 0 aromatic heterocycles. The molecule has 0 radical (unpaired) electrons. The number of rotatable bonds is 6. The second-order valence-electron chi connectivity index (χ2n) is 6.18. The average Bonchev–Trinajstić information content (AvgIpc) is 2.66. The van der Waals surface area contributed by atoms with Crippen molar-refractivity contribution in [3.05, 3.63) is 77.3 Å². The van der Waals surface area contributed by atoms with Gasteiger partial charge in [-0.1, -0.05) is 54.1 Å². The van der Waals surface area contributed by atoms with Crippen molar-refractivity contribution in [3.8, 4) is 0 Å². The molecule has 0 bridgehead atoms. The van der Waals surface area contributed by atoms with Gasteiger partial charge in [0.2, 0.25) is 15.9 Å². The van der Waals surface area contributed by atoms with Crippen LogP contribution in [0.3, 0.4) is 0 Å². The van der Waals surface area contributed by atoms with Gasteiger partial charge in [0.25, 0.3) is 0 Å². The number of benzene rings is 3. The predicted molar refractivity (Wildman–Crippen MR) is 107 cm³/mol. The van der Waals surface area contributed by atoms with E-state index in [1.54, 1.807) is 36.4 Å². The molecule has 27 heavy (non-hydrogen) atoms. The van der Waals surface area contributed by atoms with E-state index >= 15 is 0 Å². The maximum atomic E-state index is 12.8. The minimum Gasteiger partial charge on any atom is -0.351 e. The van der Waals surface area contributed by atoms with Crippen molar-refractivity contribution in [1.29, 1.82) is 0 Å². The number of hydrogen-bond donors (Lipinski definition) is 1. The summed E-state index contributed by atoms with van der Waals surface area (Å²) in [5.74, 6) is -0.387. The molecule has 7 heteroatoms. The van der Waals surface area contributed by atoms with Gasteiger partial charge in [-0.15, -0.1) is 0 Å². The van der Waals surface area contributed by atoms with Crippen LogP contribution in [0.4, 0.5) is 0 Å². The predicted octanol–water partition coefficient (Wildman–Crippen LogP) is 3.43. The molecule has 3 aromatic carbocycles. The SMILES string of the molecule is CN(CC(=O)NCc1cccc(Cl)c1)S(=O)(=O)c1ccc2ccccc2c1. The molecule has 1 amide bonds. The van der Waals surface area contributed by atoms with Gasteiger partial charge in [-0.05, 0) is 40.6 Å². The van der Waals surface area contributed by atoms with E-state index in [9.17, 15) is 13.2 Å². The average molecular weight is 403 g/mol. The summed E-state index contributed by atoms with van der Waals surface area (Å²) < 4.78 is 26.6. The first kappa shape index (κ1) is 19.4. The Balaban J connectivity index is 1.67. The van der Waals surface area contributed by atoms with Crippen LogP contribution in [0.25, 0.3) is 10.8 Å². The van der Waals surface area contributed by atoms with Gasteiger partial charge in [-0.3, -0.25) is 4.79 Å². The van der Waals surface area contributed by atoms with Gasteiger partial charge in [-0.2, -0.15) is 4.31 Å². The molecule has 0 aliphatic rings. The fourth-order valence-corrected chi connectivity index (χ4v) is 4.07. The Hall–Kier alpha value is -2.41. The Labute approximate surface area is 163 Å². The number of sulfonamides is 1. The zero-order valence-electron chi connectivity index (χ0n) is 14.7. The van der Waals surface area contributed by atoms with Crippen LogP contribution in [0.15, 0.2) is 71.6 Å². The summed E-state index contributed by atoms with van der Waals surface area (Å²) in [5, 5.41) is 5.08. The largest absolute Gasteiger partial charge is 0.351 e. The molecule has 5 nitrogen and oxygen atoms in total. The highest BCUT2D eigenvalue weighted by atomic mass is 35.5. The summed E-state index contributed by atoms with van der Waals surface area (Å²) in [7, 11) is -2.37. The quantitative estimate of drug-likeness (QED) is 0.686. The highest BCUT2D eigenvalue weighted by Gasteiger charge is 2.23. The molecule has 0 heterocycles. The molecule has 0 saturated heterocycles. The minimum absolute atomic E-state index is 0.159. The Kier molecular flexibility index (Phi) is 5.79. The van der Waals surface area contributed by atoms with Crippen molar-refractivity contribution in [2.24, 2.45) is 0 Å². The van der Waals surface area contributed by atoms with Gasteiger partial charge in [-0.25, -0.2) is 8.42 Å². The molecule has 1 N–H and O–H groups in total. The van der Waals surface area contributed by atoms with Crippen molar-refractivity contribution in [1.82, 2.24) is 9.62 Å². The molecule has 0 unspecified atom stereocenters. The number of carbonyl (C=O) groups is 1. The topological polar surface area (TPSA) is 66.5 Å². The number of hydrogen-bond acceptors (Lipinski definition) is 3. The number of carbonyl (C=O) groups excluding carboxylic acids is 1. The zero-order chi connectivity index (χ0) is 19.4. The number of halogens is 1. The first-order chi connectivity index (χ1) is 12.9. The second-order valence-corrected chi connectivity index (χ2v) is 8.66. The normalized spacial score (nSPS) is 11.7. The molecule has 0 aliphatic heterocycles. The van der Waals surface area contributed by atoms with Crippen molar-refractivity contribution in [2.75, 3.05) is 13.6 Å². The monoisotopic (exact) mass is 402 g/mol. The molecule has 0 saturated carbocycles. The number of fused-ring (bicyclic) bond motifs is 1. The maximum Gasteiger partial charge on any atom is 0.243 e. The van der Waals surface area contributed by atoms with Gasteiger partial charge in [0.1, 0.15) is 0 Å². The first-order valence-electron chi connectivity index (χ1n) is 8.32. The van der Waals surface area contributed by atoms with E-state index in [0.717, 1.165) is 20.6 Å². The number of nitrogens with zero attached hydrogens (tertiary/aromatic N) is 1. The molecular weight excluding hydrogens is 384 g/mol. The molecule has 140 valence electrons. The van der Waals surface area contributed by atoms with E-state index in [0.29, 0.717) is 5.02 Å². The van der Waals surface area contributed by atoms with E-state index in [-0.39, 0.29) is 23.9 Å². The molecule has 0 spiro atoms. The second kappa shape index (κ2) is 8.08. The van der Waals surface area contributed by atoms with Crippen molar-refractivity contribution >= 4 is 38.3 Å². The third kappa shape index (κ3) is 4.66. The van der Waals surface area contributed by atoms with E-state index in [2.05, 4.69) is 5.32 Å². The molecule has 0 aliphatic carbocycles. The maximum absolute atomic E-state index is 12.8. The van der Waals surface area contributed by atoms with Crippen molar-refractivity contribution in [2.45, 2.75) is 11.4 Å². The van der Waals surface area contributed by atoms with E-state index in [1.165, 1.54) is 7.05 Å². The minimum atomic E-state index is -3.76. The summed E-state index contributed by atoms with van der Waals surface area (Å²) >= 11 is 5.91. The van der Waals surface area contributed by atoms with E-state index in [1.807, 2.05) is 30.3 Å². The van der Waals surface area contributed by atoms with Crippen LogP contribution in [0, 0.1) is 0 Å². The highest BCUT2D eigenvalue weighted by Crippen LogP contribution is 2.21. The van der Waals surface area contributed by atoms with Crippen LogP contribution >= 0.6 is 11.6 Å². The fraction of sp³-hybridized carbons (Fsp3) is 0.150. The van der Waals surface area contributed by atoms with Gasteiger partial charge in [0.15, 0.2) is 0 Å². The third-order valence-electron chi connectivity index (χ3n) is 4.17. The number of likely N-dealkylation sites (N-methyl/N-ethyl adjacent to an activating group) is 1. The number of amides is 1. The summed E-state index contributed by atoms with van der Waals surface area (Å²) in [6.07, 6.45) is 0. The van der Waals surface area contributed by atoms with Crippen LogP contribution in [0.2, 0.25) is 5.02 Å². The van der Waals surface area contributed by atoms with E-state index in [4.69, 9.17) is 11.6 Å². The van der Waals surface area contributed by atoms with E-state index < -0.39 is 10.0 Å². The summed E-state index contributed by atoms with van der Waals surface area (Å²) in [5.41, 5.74) is 0.843. The van der Waals surface area contributed by atoms with Gasteiger partial charge in [0, 0.05) is 18.6 Å². The van der Waals surface area contributed by atoms with Crippen LogP contribution in [-0.2, 0) is 21.4 Å². The van der Waals surface area contributed by atoms with Crippen LogP contribution in [0.5, 0.6) is 0 Å². The Morgan fingerprint density at radius 3 is 2.48 bits per heavy atom. The summed E-state index contributed by atoms with van der Waals surface area (Å²) in [6.45, 7) is 0.0129. The van der Waals surface area contributed by atoms with Crippen LogP contribution in [-0.4, -0.2) is 32.2 Å².